The molecule has 1 N–H and O–H groups in total. The molecule has 0 saturated heterocycles. The SMILES string of the molecule is CCN(CC)C(CNC(=O)COCC(F)(F)F)c1ccco1. The summed E-state index contributed by atoms with van der Waals surface area (Å²) in [6.07, 6.45) is -2.89. The van der Waals surface area contributed by atoms with Crippen LogP contribution in [0.3, 0.4) is 0 Å². The van der Waals surface area contributed by atoms with Crippen molar-refractivity contribution in [1.82, 2.24) is 10.2 Å². The number of hydrogen-bond acceptors (Lipinski definition) is 4. The number of hydrogen-bond donors (Lipinski definition) is 1. The molecule has 1 aromatic rings. The Balaban J connectivity index is 2.48. The van der Waals surface area contributed by atoms with Gasteiger partial charge in [-0.2, -0.15) is 13.2 Å². The fourth-order valence-electron chi connectivity index (χ4n) is 2.08. The van der Waals surface area contributed by atoms with Crippen LogP contribution in [0.15, 0.2) is 22.8 Å². The Morgan fingerprint density at radius 1 is 1.41 bits per heavy atom. The van der Waals surface area contributed by atoms with E-state index in [2.05, 4.69) is 15.0 Å². The van der Waals surface area contributed by atoms with Gasteiger partial charge in [-0.15, -0.1) is 0 Å². The van der Waals surface area contributed by atoms with Crippen LogP contribution in [0.5, 0.6) is 0 Å². The first-order chi connectivity index (χ1) is 10.4. The number of halogens is 3. The maximum absolute atomic E-state index is 11.9. The molecule has 1 aromatic heterocycles. The number of carbonyl (C=O) groups is 1. The Labute approximate surface area is 127 Å². The molecule has 5 nitrogen and oxygen atoms in total. The van der Waals surface area contributed by atoms with E-state index in [0.717, 1.165) is 13.1 Å². The van der Waals surface area contributed by atoms with Crippen LogP contribution in [0.1, 0.15) is 25.6 Å². The normalized spacial score (nSPS) is 13.4. The van der Waals surface area contributed by atoms with Crippen molar-refractivity contribution in [3.63, 3.8) is 0 Å². The van der Waals surface area contributed by atoms with Crippen LogP contribution in [0.25, 0.3) is 0 Å². The van der Waals surface area contributed by atoms with Gasteiger partial charge in [0.05, 0.1) is 12.3 Å². The number of alkyl halides is 3. The van der Waals surface area contributed by atoms with Gasteiger partial charge in [0, 0.05) is 6.54 Å². The number of furan rings is 1. The molecule has 0 fully saturated rings. The van der Waals surface area contributed by atoms with E-state index < -0.39 is 25.3 Å². The molecule has 0 bridgehead atoms. The minimum absolute atomic E-state index is 0.170. The number of rotatable bonds is 9. The van der Waals surface area contributed by atoms with Crippen molar-refractivity contribution >= 4 is 5.91 Å². The number of ether oxygens (including phenoxy) is 1. The quantitative estimate of drug-likeness (QED) is 0.758. The first kappa shape index (κ1) is 18.5. The average Bonchev–Trinajstić information content (AvgIpc) is 2.95. The zero-order valence-corrected chi connectivity index (χ0v) is 12.7. The van der Waals surface area contributed by atoms with Gasteiger partial charge in [0.25, 0.3) is 0 Å². The van der Waals surface area contributed by atoms with Gasteiger partial charge < -0.3 is 14.5 Å². The summed E-state index contributed by atoms with van der Waals surface area (Å²) in [5.41, 5.74) is 0. The van der Waals surface area contributed by atoms with Gasteiger partial charge in [0.1, 0.15) is 19.0 Å². The van der Waals surface area contributed by atoms with Gasteiger partial charge in [-0.3, -0.25) is 9.69 Å². The molecule has 0 spiro atoms. The zero-order valence-electron chi connectivity index (χ0n) is 12.7. The maximum Gasteiger partial charge on any atom is 0.411 e. The Hall–Kier alpha value is -1.54. The van der Waals surface area contributed by atoms with Crippen LogP contribution in [-0.4, -0.2) is 49.8 Å². The van der Waals surface area contributed by atoms with Gasteiger partial charge in [-0.1, -0.05) is 13.8 Å². The summed E-state index contributed by atoms with van der Waals surface area (Å²) in [5.74, 6) is 0.105. The molecular weight excluding hydrogens is 301 g/mol. The molecule has 0 radical (unpaired) electrons. The van der Waals surface area contributed by atoms with Gasteiger partial charge in [-0.05, 0) is 25.2 Å². The summed E-state index contributed by atoms with van der Waals surface area (Å²) in [4.78, 5) is 13.6. The molecule has 8 heteroatoms. The third kappa shape index (κ3) is 6.48. The average molecular weight is 322 g/mol. The summed E-state index contributed by atoms with van der Waals surface area (Å²) < 4.78 is 45.5. The number of nitrogens with zero attached hydrogens (tertiary/aromatic N) is 1. The highest BCUT2D eigenvalue weighted by Gasteiger charge is 2.28. The maximum atomic E-state index is 11.9. The minimum Gasteiger partial charge on any atom is -0.468 e. The first-order valence-electron chi connectivity index (χ1n) is 7.06. The molecule has 0 aliphatic rings. The molecule has 1 rings (SSSR count). The molecular formula is C14H21F3N2O3. The molecule has 1 atom stereocenters. The van der Waals surface area contributed by atoms with Gasteiger partial charge in [0.15, 0.2) is 0 Å². The van der Waals surface area contributed by atoms with Crippen LogP contribution in [0.2, 0.25) is 0 Å². The van der Waals surface area contributed by atoms with E-state index in [-0.39, 0.29) is 12.6 Å². The summed E-state index contributed by atoms with van der Waals surface area (Å²) in [7, 11) is 0. The highest BCUT2D eigenvalue weighted by atomic mass is 19.4. The standard InChI is InChI=1S/C14H21F3N2O3/c1-3-19(4-2)11(12-6-5-7-22-12)8-18-13(20)9-21-10-14(15,16)17/h5-7,11H,3-4,8-10H2,1-2H3,(H,18,20). The van der Waals surface area contributed by atoms with E-state index in [9.17, 15) is 18.0 Å². The Morgan fingerprint density at radius 3 is 2.59 bits per heavy atom. The lowest BCUT2D eigenvalue weighted by Crippen LogP contribution is -2.39. The fourth-order valence-corrected chi connectivity index (χ4v) is 2.08. The second-order valence-corrected chi connectivity index (χ2v) is 4.66. The van der Waals surface area contributed by atoms with Crippen LogP contribution in [0, 0.1) is 0 Å². The zero-order chi connectivity index (χ0) is 16.6. The topological polar surface area (TPSA) is 54.7 Å². The van der Waals surface area contributed by atoms with Crippen LogP contribution < -0.4 is 5.32 Å². The van der Waals surface area contributed by atoms with Crippen molar-refractivity contribution in [3.05, 3.63) is 24.2 Å². The number of likely N-dealkylation sites (N-methyl/N-ethyl adjacent to an activating group) is 1. The van der Waals surface area contributed by atoms with Crippen molar-refractivity contribution in [1.29, 1.82) is 0 Å². The molecule has 0 aliphatic heterocycles. The van der Waals surface area contributed by atoms with Crippen LogP contribution in [-0.2, 0) is 9.53 Å². The Morgan fingerprint density at radius 2 is 2.09 bits per heavy atom. The molecule has 22 heavy (non-hydrogen) atoms. The molecule has 0 saturated carbocycles. The third-order valence-corrected chi connectivity index (χ3v) is 3.12. The number of nitrogens with one attached hydrogen (secondary N) is 1. The molecule has 0 aromatic carbocycles. The van der Waals surface area contributed by atoms with E-state index in [1.807, 2.05) is 13.8 Å². The summed E-state index contributed by atoms with van der Waals surface area (Å²) in [6, 6.07) is 3.38. The Kier molecular flexibility index (Phi) is 7.40. The van der Waals surface area contributed by atoms with E-state index in [0.29, 0.717) is 5.76 Å². The third-order valence-electron chi connectivity index (χ3n) is 3.12. The first-order valence-corrected chi connectivity index (χ1v) is 7.06. The van der Waals surface area contributed by atoms with Crippen LogP contribution >= 0.6 is 0 Å². The van der Waals surface area contributed by atoms with Gasteiger partial charge in [-0.25, -0.2) is 0 Å². The number of carbonyl (C=O) groups excluding carboxylic acids is 1. The predicted molar refractivity (Wildman–Crippen MR) is 74.3 cm³/mol. The van der Waals surface area contributed by atoms with Crippen molar-refractivity contribution in [2.24, 2.45) is 0 Å². The monoisotopic (exact) mass is 322 g/mol. The molecule has 1 unspecified atom stereocenters. The summed E-state index contributed by atoms with van der Waals surface area (Å²) >= 11 is 0. The van der Waals surface area contributed by atoms with Crippen molar-refractivity contribution in [2.45, 2.75) is 26.1 Å². The van der Waals surface area contributed by atoms with Crippen molar-refractivity contribution in [2.75, 3.05) is 32.8 Å². The van der Waals surface area contributed by atoms with Gasteiger partial charge in [0.2, 0.25) is 5.91 Å². The highest BCUT2D eigenvalue weighted by molar-refractivity contribution is 5.77. The number of amides is 1. The summed E-state index contributed by atoms with van der Waals surface area (Å²) in [5, 5.41) is 2.57. The molecule has 0 aliphatic carbocycles. The lowest BCUT2D eigenvalue weighted by Gasteiger charge is -2.28. The van der Waals surface area contributed by atoms with E-state index in [4.69, 9.17) is 4.42 Å². The largest absolute Gasteiger partial charge is 0.468 e. The minimum atomic E-state index is -4.43. The summed E-state index contributed by atoms with van der Waals surface area (Å²) in [6.45, 7) is 3.65. The molecule has 1 heterocycles. The predicted octanol–water partition coefficient (Wildman–Crippen LogP) is 2.36. The van der Waals surface area contributed by atoms with E-state index in [1.54, 1.807) is 18.4 Å². The lowest BCUT2D eigenvalue weighted by atomic mass is 10.2. The second kappa shape index (κ2) is 8.79. The molecule has 1 amide bonds. The lowest BCUT2D eigenvalue weighted by molar-refractivity contribution is -0.175. The van der Waals surface area contributed by atoms with E-state index in [1.165, 1.54) is 0 Å². The van der Waals surface area contributed by atoms with E-state index >= 15 is 0 Å². The van der Waals surface area contributed by atoms with Gasteiger partial charge >= 0.3 is 6.18 Å². The fraction of sp³-hybridized carbons (Fsp3) is 0.643. The van der Waals surface area contributed by atoms with Crippen molar-refractivity contribution in [3.8, 4) is 0 Å². The Bertz CT molecular complexity index is 431. The van der Waals surface area contributed by atoms with Crippen molar-refractivity contribution < 1.29 is 27.1 Å². The smallest absolute Gasteiger partial charge is 0.411 e. The molecule has 126 valence electrons. The van der Waals surface area contributed by atoms with Crippen LogP contribution in [0.4, 0.5) is 13.2 Å². The highest BCUT2D eigenvalue weighted by Crippen LogP contribution is 2.20. The second-order valence-electron chi connectivity index (χ2n) is 4.66.